The minimum absolute atomic E-state index is 0.113. The first-order valence-corrected chi connectivity index (χ1v) is 13.3. The van der Waals surface area contributed by atoms with E-state index in [0.717, 1.165) is 48.2 Å². The largest absolute Gasteiger partial charge is 0.368 e. The number of sulfonamides is 1. The van der Waals surface area contributed by atoms with Crippen LogP contribution >= 0.6 is 11.6 Å². The zero-order valence-corrected chi connectivity index (χ0v) is 21.1. The molecule has 34 heavy (non-hydrogen) atoms. The van der Waals surface area contributed by atoms with Crippen LogP contribution in [0.2, 0.25) is 5.02 Å². The summed E-state index contributed by atoms with van der Waals surface area (Å²) in [6, 6.07) is 10.7. The van der Waals surface area contributed by atoms with Crippen molar-refractivity contribution in [1.82, 2.24) is 14.1 Å². The first-order valence-electron chi connectivity index (χ1n) is 11.4. The number of hydrogen-bond donors (Lipinski definition) is 0. The molecular formula is C24H30ClFN4O3S. The first-order chi connectivity index (χ1) is 16.1. The highest BCUT2D eigenvalue weighted by Crippen LogP contribution is 2.27. The van der Waals surface area contributed by atoms with Crippen molar-refractivity contribution in [2.75, 3.05) is 50.5 Å². The van der Waals surface area contributed by atoms with Crippen LogP contribution in [0.4, 0.5) is 10.1 Å². The van der Waals surface area contributed by atoms with Gasteiger partial charge in [-0.2, -0.15) is 4.31 Å². The number of carbonyl (C=O) groups excluding carboxylic acids is 1. The second kappa shape index (κ2) is 10.2. The Kier molecular flexibility index (Phi) is 7.47. The number of nitrogens with zero attached hydrogens (tertiary/aromatic N) is 4. The second-order valence-corrected chi connectivity index (χ2v) is 11.4. The average Bonchev–Trinajstić information content (AvgIpc) is 2.81. The summed E-state index contributed by atoms with van der Waals surface area (Å²) in [6.45, 7) is 5.73. The van der Waals surface area contributed by atoms with E-state index in [-0.39, 0.29) is 28.9 Å². The Morgan fingerprint density at radius 1 is 1.09 bits per heavy atom. The normalized spacial score (nSPS) is 17.2. The van der Waals surface area contributed by atoms with Crippen molar-refractivity contribution < 1.29 is 17.6 Å². The molecule has 0 saturated carbocycles. The summed E-state index contributed by atoms with van der Waals surface area (Å²) in [7, 11) is -2.19. The van der Waals surface area contributed by atoms with Gasteiger partial charge in [-0.15, -0.1) is 0 Å². The van der Waals surface area contributed by atoms with Gasteiger partial charge in [-0.05, 0) is 41.8 Å². The Morgan fingerprint density at radius 2 is 1.82 bits per heavy atom. The Bertz CT molecular complexity index is 1150. The SMILES string of the molecule is CC(=O)N1CCN(c2ccc3c(c2)CCN(CS(=O)(=O)N(C)Cc2c(F)cccc2Cl)C3)CC1. The van der Waals surface area contributed by atoms with Gasteiger partial charge in [0.15, 0.2) is 0 Å². The van der Waals surface area contributed by atoms with Crippen LogP contribution in [0.1, 0.15) is 23.6 Å². The van der Waals surface area contributed by atoms with E-state index in [0.29, 0.717) is 13.1 Å². The standard InChI is InChI=1S/C24H30ClFN4O3S/c1-18(31)29-10-12-30(13-11-29)21-7-6-20-15-28(9-8-19(20)14-21)17-34(32,33)27(2)16-22-23(25)4-3-5-24(22)26/h3-7,14H,8-13,15-17H2,1-2H3. The van der Waals surface area contributed by atoms with Gasteiger partial charge in [-0.3, -0.25) is 9.69 Å². The van der Waals surface area contributed by atoms with Crippen LogP contribution in [0.5, 0.6) is 0 Å². The van der Waals surface area contributed by atoms with E-state index >= 15 is 0 Å². The number of halogens is 2. The van der Waals surface area contributed by atoms with Gasteiger partial charge in [0.05, 0.1) is 0 Å². The van der Waals surface area contributed by atoms with Crippen molar-refractivity contribution in [2.45, 2.75) is 26.4 Å². The molecule has 0 atom stereocenters. The Labute approximate surface area is 205 Å². The first kappa shape index (κ1) is 24.9. The highest BCUT2D eigenvalue weighted by Gasteiger charge is 2.27. The lowest BCUT2D eigenvalue weighted by Gasteiger charge is -2.36. The molecule has 1 amide bonds. The van der Waals surface area contributed by atoms with Crippen LogP contribution in [0.25, 0.3) is 0 Å². The lowest BCUT2D eigenvalue weighted by Crippen LogP contribution is -2.48. The predicted molar refractivity (Wildman–Crippen MR) is 132 cm³/mol. The van der Waals surface area contributed by atoms with Gasteiger partial charge in [0.25, 0.3) is 0 Å². The average molecular weight is 509 g/mol. The smallest absolute Gasteiger partial charge is 0.227 e. The van der Waals surface area contributed by atoms with Crippen LogP contribution in [0.3, 0.4) is 0 Å². The molecule has 2 aliphatic rings. The van der Waals surface area contributed by atoms with E-state index in [9.17, 15) is 17.6 Å². The van der Waals surface area contributed by atoms with Crippen LogP contribution in [-0.4, -0.2) is 74.1 Å². The molecule has 1 fully saturated rings. The number of rotatable bonds is 6. The quantitative estimate of drug-likeness (QED) is 0.600. The summed E-state index contributed by atoms with van der Waals surface area (Å²) in [5.41, 5.74) is 3.67. The van der Waals surface area contributed by atoms with Crippen LogP contribution < -0.4 is 4.90 Å². The molecule has 4 rings (SSSR count). The Hall–Kier alpha value is -2.20. The molecule has 0 aromatic heterocycles. The molecule has 0 N–H and O–H groups in total. The Morgan fingerprint density at radius 3 is 2.50 bits per heavy atom. The highest BCUT2D eigenvalue weighted by molar-refractivity contribution is 7.88. The molecule has 2 aliphatic heterocycles. The molecule has 0 unspecified atom stereocenters. The van der Waals surface area contributed by atoms with Gasteiger partial charge < -0.3 is 9.80 Å². The predicted octanol–water partition coefficient (Wildman–Crippen LogP) is 2.93. The number of carbonyl (C=O) groups is 1. The van der Waals surface area contributed by atoms with E-state index in [1.54, 1.807) is 13.0 Å². The van der Waals surface area contributed by atoms with Gasteiger partial charge in [0.1, 0.15) is 11.7 Å². The molecule has 0 aliphatic carbocycles. The van der Waals surface area contributed by atoms with Crippen molar-refractivity contribution >= 4 is 33.2 Å². The van der Waals surface area contributed by atoms with Crippen LogP contribution in [0.15, 0.2) is 36.4 Å². The molecule has 1 saturated heterocycles. The Balaban J connectivity index is 1.38. The third kappa shape index (κ3) is 5.54. The minimum Gasteiger partial charge on any atom is -0.368 e. The fourth-order valence-electron chi connectivity index (χ4n) is 4.52. The molecular weight excluding hydrogens is 479 g/mol. The second-order valence-electron chi connectivity index (χ2n) is 8.95. The summed E-state index contributed by atoms with van der Waals surface area (Å²) in [5.74, 6) is -0.535. The number of hydrogen-bond acceptors (Lipinski definition) is 5. The van der Waals surface area contributed by atoms with Gasteiger partial charge in [0, 0.05) is 76.1 Å². The maximum Gasteiger partial charge on any atom is 0.227 e. The number of piperazine rings is 1. The van der Waals surface area contributed by atoms with Gasteiger partial charge in [-0.25, -0.2) is 12.8 Å². The molecule has 184 valence electrons. The summed E-state index contributed by atoms with van der Waals surface area (Å²) < 4.78 is 41.2. The van der Waals surface area contributed by atoms with Gasteiger partial charge in [0.2, 0.25) is 15.9 Å². The van der Waals surface area contributed by atoms with Crippen molar-refractivity contribution in [3.63, 3.8) is 0 Å². The number of benzene rings is 2. The van der Waals surface area contributed by atoms with Crippen molar-refractivity contribution in [2.24, 2.45) is 0 Å². The van der Waals surface area contributed by atoms with Crippen LogP contribution in [0, 0.1) is 5.82 Å². The topological polar surface area (TPSA) is 64.2 Å². The van der Waals surface area contributed by atoms with Crippen LogP contribution in [-0.2, 0) is 34.3 Å². The summed E-state index contributed by atoms with van der Waals surface area (Å²) in [6.07, 6.45) is 0.759. The lowest BCUT2D eigenvalue weighted by atomic mass is 9.99. The van der Waals surface area contributed by atoms with Gasteiger partial charge in [-0.1, -0.05) is 23.7 Å². The minimum atomic E-state index is -3.64. The van der Waals surface area contributed by atoms with E-state index in [2.05, 4.69) is 23.1 Å². The maximum absolute atomic E-state index is 14.1. The molecule has 7 nitrogen and oxygen atoms in total. The van der Waals surface area contributed by atoms with Gasteiger partial charge >= 0.3 is 0 Å². The van der Waals surface area contributed by atoms with E-state index < -0.39 is 15.8 Å². The zero-order valence-electron chi connectivity index (χ0n) is 19.5. The fourth-order valence-corrected chi connectivity index (χ4v) is 5.95. The third-order valence-electron chi connectivity index (χ3n) is 6.63. The van der Waals surface area contributed by atoms with Crippen molar-refractivity contribution in [3.8, 4) is 0 Å². The van der Waals surface area contributed by atoms with E-state index in [1.807, 2.05) is 9.80 Å². The lowest BCUT2D eigenvalue weighted by molar-refractivity contribution is -0.129. The number of anilines is 1. The molecule has 0 bridgehead atoms. The maximum atomic E-state index is 14.1. The third-order valence-corrected chi connectivity index (χ3v) is 8.76. The molecule has 2 heterocycles. The molecule has 0 radical (unpaired) electrons. The zero-order chi connectivity index (χ0) is 24.5. The summed E-state index contributed by atoms with van der Waals surface area (Å²) in [4.78, 5) is 17.6. The number of amides is 1. The van der Waals surface area contributed by atoms with E-state index in [4.69, 9.17) is 11.6 Å². The molecule has 0 spiro atoms. The number of fused-ring (bicyclic) bond motifs is 1. The summed E-state index contributed by atoms with van der Waals surface area (Å²) >= 11 is 6.07. The van der Waals surface area contributed by atoms with Crippen molar-refractivity contribution in [1.29, 1.82) is 0 Å². The summed E-state index contributed by atoms with van der Waals surface area (Å²) in [5, 5.41) is 0.215. The molecule has 2 aromatic carbocycles. The monoisotopic (exact) mass is 508 g/mol. The fraction of sp³-hybridized carbons (Fsp3) is 0.458. The molecule has 2 aromatic rings. The highest BCUT2D eigenvalue weighted by atomic mass is 35.5. The van der Waals surface area contributed by atoms with Crippen molar-refractivity contribution in [3.05, 3.63) is 63.9 Å². The van der Waals surface area contributed by atoms with E-state index in [1.165, 1.54) is 24.7 Å². The molecule has 10 heteroatoms.